The van der Waals surface area contributed by atoms with E-state index in [1.54, 1.807) is 23.9 Å². The van der Waals surface area contributed by atoms with E-state index in [0.29, 0.717) is 5.92 Å². The minimum absolute atomic E-state index is 0. The third kappa shape index (κ3) is 4.43. The van der Waals surface area contributed by atoms with Crippen LogP contribution in [-0.2, 0) is 6.54 Å². The van der Waals surface area contributed by atoms with Crippen LogP contribution in [0.5, 0.6) is 0 Å². The molecule has 1 aliphatic heterocycles. The third-order valence-corrected chi connectivity index (χ3v) is 5.31. The van der Waals surface area contributed by atoms with Crippen molar-refractivity contribution in [2.75, 3.05) is 13.1 Å². The number of thiazole rings is 1. The Morgan fingerprint density at radius 3 is 2.68 bits per heavy atom. The Bertz CT molecular complexity index is 764. The minimum atomic E-state index is 0. The summed E-state index contributed by atoms with van der Waals surface area (Å²) < 4.78 is 5.13. The lowest BCUT2D eigenvalue weighted by Crippen LogP contribution is -2.28. The number of halogens is 2. The van der Waals surface area contributed by atoms with E-state index in [-0.39, 0.29) is 30.9 Å². The SMILES string of the molecule is Cl.Cl.N[C@@H]1CN(Cc2csc(-c3ccoc3)n2)C[C@H]1c1ccccc1. The molecular formula is C18H21Cl2N3OS. The van der Waals surface area contributed by atoms with Gasteiger partial charge in [-0.3, -0.25) is 4.90 Å². The van der Waals surface area contributed by atoms with Crippen LogP contribution in [0.4, 0.5) is 0 Å². The summed E-state index contributed by atoms with van der Waals surface area (Å²) in [4.78, 5) is 7.11. The molecule has 0 unspecified atom stereocenters. The van der Waals surface area contributed by atoms with Crippen molar-refractivity contribution in [1.29, 1.82) is 0 Å². The Morgan fingerprint density at radius 2 is 1.96 bits per heavy atom. The maximum Gasteiger partial charge on any atom is 0.126 e. The maximum absolute atomic E-state index is 6.37. The molecule has 0 aliphatic carbocycles. The zero-order valence-corrected chi connectivity index (χ0v) is 16.0. The average molecular weight is 398 g/mol. The second-order valence-electron chi connectivity index (χ2n) is 6.03. The number of likely N-dealkylation sites (tertiary alicyclic amines) is 1. The van der Waals surface area contributed by atoms with Gasteiger partial charge in [0.1, 0.15) is 11.3 Å². The lowest BCUT2D eigenvalue weighted by atomic mass is 9.95. The Morgan fingerprint density at radius 1 is 1.16 bits per heavy atom. The van der Waals surface area contributed by atoms with Crippen molar-refractivity contribution >= 4 is 36.2 Å². The average Bonchev–Trinajstić information content (AvgIpc) is 3.29. The fourth-order valence-corrected chi connectivity index (χ4v) is 4.02. The summed E-state index contributed by atoms with van der Waals surface area (Å²) in [6.07, 6.45) is 3.42. The zero-order valence-electron chi connectivity index (χ0n) is 13.6. The van der Waals surface area contributed by atoms with Crippen molar-refractivity contribution in [2.24, 2.45) is 5.73 Å². The molecule has 3 aromatic rings. The van der Waals surface area contributed by atoms with E-state index in [9.17, 15) is 0 Å². The van der Waals surface area contributed by atoms with E-state index in [0.717, 1.165) is 35.9 Å². The number of furan rings is 1. The predicted octanol–water partition coefficient (Wildman–Crippen LogP) is 4.17. The summed E-state index contributed by atoms with van der Waals surface area (Å²) in [6, 6.07) is 12.7. The molecule has 4 nitrogen and oxygen atoms in total. The summed E-state index contributed by atoms with van der Waals surface area (Å²) in [5.74, 6) is 0.406. The Balaban J connectivity index is 0.00000113. The molecule has 0 bridgehead atoms. The highest BCUT2D eigenvalue weighted by Crippen LogP contribution is 2.29. The van der Waals surface area contributed by atoms with E-state index in [4.69, 9.17) is 15.1 Å². The highest BCUT2D eigenvalue weighted by Gasteiger charge is 2.31. The normalized spacial score (nSPS) is 20.0. The fraction of sp³-hybridized carbons (Fsp3) is 0.278. The van der Waals surface area contributed by atoms with Crippen LogP contribution >= 0.6 is 36.2 Å². The molecule has 134 valence electrons. The Hall–Kier alpha value is -1.37. The lowest BCUT2D eigenvalue weighted by Gasteiger charge is -2.15. The van der Waals surface area contributed by atoms with Crippen molar-refractivity contribution in [2.45, 2.75) is 18.5 Å². The standard InChI is InChI=1S/C18H19N3OS.2ClH/c19-17-10-21(9-16(17)13-4-2-1-3-5-13)8-15-12-23-18(20-15)14-6-7-22-11-14;;/h1-7,11-12,16-17H,8-10,19H2;2*1H/t16-,17+;;/m0../s1. The van der Waals surface area contributed by atoms with Crippen molar-refractivity contribution in [3.63, 3.8) is 0 Å². The fourth-order valence-electron chi connectivity index (χ4n) is 3.22. The highest BCUT2D eigenvalue weighted by molar-refractivity contribution is 7.13. The molecule has 2 N–H and O–H groups in total. The van der Waals surface area contributed by atoms with Crippen LogP contribution in [0.3, 0.4) is 0 Å². The third-order valence-electron chi connectivity index (χ3n) is 4.37. The van der Waals surface area contributed by atoms with E-state index >= 15 is 0 Å². The molecular weight excluding hydrogens is 377 g/mol. The van der Waals surface area contributed by atoms with Gasteiger partial charge in [-0.15, -0.1) is 36.2 Å². The summed E-state index contributed by atoms with van der Waals surface area (Å²) in [5, 5.41) is 3.14. The number of nitrogens with two attached hydrogens (primary N) is 1. The summed E-state index contributed by atoms with van der Waals surface area (Å²) in [5.41, 5.74) is 9.85. The van der Waals surface area contributed by atoms with Crippen LogP contribution < -0.4 is 5.73 Å². The van der Waals surface area contributed by atoms with Crippen LogP contribution in [0.15, 0.2) is 58.7 Å². The van der Waals surface area contributed by atoms with Gasteiger partial charge in [0.2, 0.25) is 0 Å². The van der Waals surface area contributed by atoms with Crippen molar-refractivity contribution in [3.8, 4) is 10.6 Å². The first-order valence-electron chi connectivity index (χ1n) is 7.79. The van der Waals surface area contributed by atoms with E-state index in [1.807, 2.05) is 6.07 Å². The Labute approximate surface area is 163 Å². The number of nitrogens with zero attached hydrogens (tertiary/aromatic N) is 2. The molecule has 0 spiro atoms. The van der Waals surface area contributed by atoms with Crippen LogP contribution in [0.2, 0.25) is 0 Å². The van der Waals surface area contributed by atoms with Crippen molar-refractivity contribution in [1.82, 2.24) is 9.88 Å². The molecule has 7 heteroatoms. The first-order chi connectivity index (χ1) is 11.3. The molecule has 4 rings (SSSR count). The smallest absolute Gasteiger partial charge is 0.126 e. The second-order valence-corrected chi connectivity index (χ2v) is 6.89. The quantitative estimate of drug-likeness (QED) is 0.717. The Kier molecular flexibility index (Phi) is 7.04. The topological polar surface area (TPSA) is 55.3 Å². The van der Waals surface area contributed by atoms with Gasteiger partial charge in [-0.05, 0) is 11.6 Å². The number of hydrogen-bond acceptors (Lipinski definition) is 5. The van der Waals surface area contributed by atoms with Gasteiger partial charge >= 0.3 is 0 Å². The van der Waals surface area contributed by atoms with Gasteiger partial charge in [-0.25, -0.2) is 4.98 Å². The zero-order chi connectivity index (χ0) is 15.6. The van der Waals surface area contributed by atoms with Gasteiger partial charge in [-0.1, -0.05) is 30.3 Å². The lowest BCUT2D eigenvalue weighted by molar-refractivity contribution is 0.320. The molecule has 1 saturated heterocycles. The largest absolute Gasteiger partial charge is 0.472 e. The number of hydrogen-bond donors (Lipinski definition) is 1. The van der Waals surface area contributed by atoms with E-state index in [1.165, 1.54) is 5.56 Å². The first-order valence-corrected chi connectivity index (χ1v) is 8.67. The van der Waals surface area contributed by atoms with Gasteiger partial charge in [-0.2, -0.15) is 0 Å². The maximum atomic E-state index is 6.37. The van der Waals surface area contributed by atoms with Crippen LogP contribution in [0, 0.1) is 0 Å². The molecule has 1 fully saturated rings. The predicted molar refractivity (Wildman–Crippen MR) is 107 cm³/mol. The number of rotatable bonds is 4. The first kappa shape index (κ1) is 19.9. The molecule has 0 saturated carbocycles. The summed E-state index contributed by atoms with van der Waals surface area (Å²) >= 11 is 1.66. The molecule has 0 radical (unpaired) electrons. The van der Waals surface area contributed by atoms with Crippen molar-refractivity contribution in [3.05, 3.63) is 65.6 Å². The van der Waals surface area contributed by atoms with Gasteiger partial charge in [0, 0.05) is 42.5 Å². The molecule has 2 aromatic heterocycles. The molecule has 2 atom stereocenters. The second kappa shape index (κ2) is 8.83. The van der Waals surface area contributed by atoms with Gasteiger partial charge < -0.3 is 10.2 Å². The minimum Gasteiger partial charge on any atom is -0.472 e. The molecule has 1 aromatic carbocycles. The number of benzene rings is 1. The summed E-state index contributed by atoms with van der Waals surface area (Å²) in [7, 11) is 0. The van der Waals surface area contributed by atoms with E-state index in [2.05, 4.69) is 40.6 Å². The molecule has 3 heterocycles. The van der Waals surface area contributed by atoms with Crippen LogP contribution in [0.1, 0.15) is 17.2 Å². The highest BCUT2D eigenvalue weighted by atomic mass is 35.5. The monoisotopic (exact) mass is 397 g/mol. The van der Waals surface area contributed by atoms with E-state index < -0.39 is 0 Å². The van der Waals surface area contributed by atoms with Crippen LogP contribution in [-0.4, -0.2) is 29.0 Å². The molecule has 0 amide bonds. The van der Waals surface area contributed by atoms with Gasteiger partial charge in [0.05, 0.1) is 12.0 Å². The van der Waals surface area contributed by atoms with Crippen molar-refractivity contribution < 1.29 is 4.42 Å². The van der Waals surface area contributed by atoms with Crippen LogP contribution in [0.25, 0.3) is 10.6 Å². The molecule has 1 aliphatic rings. The van der Waals surface area contributed by atoms with Gasteiger partial charge in [0.25, 0.3) is 0 Å². The number of aromatic nitrogens is 1. The van der Waals surface area contributed by atoms with Gasteiger partial charge in [0.15, 0.2) is 0 Å². The summed E-state index contributed by atoms with van der Waals surface area (Å²) in [6.45, 7) is 2.76. The molecule has 25 heavy (non-hydrogen) atoms.